The van der Waals surface area contributed by atoms with Crippen molar-refractivity contribution in [3.05, 3.63) is 0 Å². The van der Waals surface area contributed by atoms with Crippen molar-refractivity contribution in [3.8, 4) is 0 Å². The fourth-order valence-electron chi connectivity index (χ4n) is 1.32. The smallest absolute Gasteiger partial charge is 0.194 e. The van der Waals surface area contributed by atoms with Crippen molar-refractivity contribution in [2.45, 2.75) is 32.0 Å². The monoisotopic (exact) mass is 158 g/mol. The Hall–Kier alpha value is -0.450. The number of fused-ring (bicyclic) bond motifs is 1. The molecule has 2 rings (SSSR count). The van der Waals surface area contributed by atoms with Crippen molar-refractivity contribution in [2.75, 3.05) is 6.61 Å². The van der Waals surface area contributed by atoms with Gasteiger partial charge in [0.15, 0.2) is 24.0 Å². The summed E-state index contributed by atoms with van der Waals surface area (Å²) in [7, 11) is 0. The number of ketones is 1. The van der Waals surface area contributed by atoms with Gasteiger partial charge < -0.3 is 14.2 Å². The highest BCUT2D eigenvalue weighted by Gasteiger charge is 2.49. The third-order valence-corrected chi connectivity index (χ3v) is 1.77. The van der Waals surface area contributed by atoms with E-state index >= 15 is 0 Å². The molecule has 2 saturated heterocycles. The summed E-state index contributed by atoms with van der Waals surface area (Å²) < 4.78 is 15.6. The molecule has 2 aliphatic heterocycles. The van der Waals surface area contributed by atoms with Gasteiger partial charge in [-0.2, -0.15) is 0 Å². The Morgan fingerprint density at radius 1 is 1.45 bits per heavy atom. The number of hydrogen-bond donors (Lipinski definition) is 0. The lowest BCUT2D eigenvalue weighted by Crippen LogP contribution is -2.26. The quantitative estimate of drug-likeness (QED) is 0.500. The molecular formula is C7H10O4. The largest absolute Gasteiger partial charge is 0.341 e. The fraction of sp³-hybridized carbons (Fsp3) is 0.857. The van der Waals surface area contributed by atoms with Gasteiger partial charge >= 0.3 is 0 Å². The summed E-state index contributed by atoms with van der Waals surface area (Å²) in [6, 6.07) is 0. The Labute approximate surface area is 64.4 Å². The molecule has 0 amide bonds. The maximum absolute atomic E-state index is 11.0. The van der Waals surface area contributed by atoms with Crippen LogP contribution in [-0.4, -0.2) is 30.6 Å². The van der Waals surface area contributed by atoms with Gasteiger partial charge in [-0.1, -0.05) is 0 Å². The number of Topliss-reactive ketones (excluding diaryl/α,β-unsaturated/α-hetero) is 1. The molecule has 2 heterocycles. The standard InChI is InChI=1S/C7H10O4/c1-7(2)10-5-4(8)3-9-6(5)11-7/h5-6H,3H2,1-2H3/t5-,6-/m0/s1. The second kappa shape index (κ2) is 2.03. The highest BCUT2D eigenvalue weighted by Crippen LogP contribution is 2.32. The number of carbonyl (C=O) groups excluding carboxylic acids is 1. The van der Waals surface area contributed by atoms with E-state index < -0.39 is 18.2 Å². The summed E-state index contributed by atoms with van der Waals surface area (Å²) in [6.45, 7) is 3.65. The van der Waals surface area contributed by atoms with Crippen LogP contribution < -0.4 is 0 Å². The van der Waals surface area contributed by atoms with E-state index in [1.54, 1.807) is 13.8 Å². The molecule has 62 valence electrons. The summed E-state index contributed by atoms with van der Waals surface area (Å²) >= 11 is 0. The normalized spacial score (nSPS) is 41.1. The molecule has 2 atom stereocenters. The molecule has 0 unspecified atom stereocenters. The lowest BCUT2D eigenvalue weighted by molar-refractivity contribution is -0.193. The van der Waals surface area contributed by atoms with Crippen molar-refractivity contribution in [3.63, 3.8) is 0 Å². The van der Waals surface area contributed by atoms with Crippen LogP contribution in [0.5, 0.6) is 0 Å². The summed E-state index contributed by atoms with van der Waals surface area (Å²) in [5, 5.41) is 0. The summed E-state index contributed by atoms with van der Waals surface area (Å²) in [6.07, 6.45) is -0.970. The average molecular weight is 158 g/mol. The van der Waals surface area contributed by atoms with E-state index in [0.717, 1.165) is 0 Å². The zero-order valence-corrected chi connectivity index (χ0v) is 6.49. The number of hydrogen-bond acceptors (Lipinski definition) is 4. The van der Waals surface area contributed by atoms with E-state index in [2.05, 4.69) is 0 Å². The molecule has 2 fully saturated rings. The Kier molecular flexibility index (Phi) is 1.33. The predicted molar refractivity (Wildman–Crippen MR) is 34.8 cm³/mol. The van der Waals surface area contributed by atoms with Gasteiger partial charge in [0, 0.05) is 0 Å². The van der Waals surface area contributed by atoms with Crippen LogP contribution in [0.2, 0.25) is 0 Å². The van der Waals surface area contributed by atoms with Crippen LogP contribution in [0.25, 0.3) is 0 Å². The number of rotatable bonds is 0. The first-order valence-corrected chi connectivity index (χ1v) is 3.58. The Morgan fingerprint density at radius 2 is 2.18 bits per heavy atom. The molecule has 0 aromatic rings. The molecular weight excluding hydrogens is 148 g/mol. The van der Waals surface area contributed by atoms with Gasteiger partial charge in [0.05, 0.1) is 0 Å². The first kappa shape index (κ1) is 7.21. The van der Waals surface area contributed by atoms with Crippen LogP contribution in [0, 0.1) is 0 Å². The number of carbonyl (C=O) groups is 1. The van der Waals surface area contributed by atoms with E-state index in [4.69, 9.17) is 14.2 Å². The van der Waals surface area contributed by atoms with Gasteiger partial charge in [0.25, 0.3) is 0 Å². The van der Waals surface area contributed by atoms with Crippen molar-refractivity contribution in [2.24, 2.45) is 0 Å². The molecule has 0 aromatic carbocycles. The van der Waals surface area contributed by atoms with Crippen LogP contribution in [0.3, 0.4) is 0 Å². The van der Waals surface area contributed by atoms with Gasteiger partial charge in [-0.3, -0.25) is 4.79 Å². The predicted octanol–water partition coefficient (Wildman–Crippen LogP) is 0.0633. The van der Waals surface area contributed by atoms with Crippen LogP contribution in [0.1, 0.15) is 13.8 Å². The lowest BCUT2D eigenvalue weighted by Gasteiger charge is -2.16. The molecule has 0 bridgehead atoms. The average Bonchev–Trinajstić information content (AvgIpc) is 2.31. The van der Waals surface area contributed by atoms with Crippen molar-refractivity contribution >= 4 is 5.78 Å². The third-order valence-electron chi connectivity index (χ3n) is 1.77. The maximum atomic E-state index is 11.0. The van der Waals surface area contributed by atoms with E-state index in [0.29, 0.717) is 0 Å². The molecule has 0 saturated carbocycles. The third kappa shape index (κ3) is 1.07. The molecule has 4 heteroatoms. The SMILES string of the molecule is CC1(C)O[C@@H]2OCC(=O)[C@@H]2O1. The van der Waals surface area contributed by atoms with Gasteiger partial charge in [0.2, 0.25) is 0 Å². The van der Waals surface area contributed by atoms with E-state index in [9.17, 15) is 4.79 Å². The number of ether oxygens (including phenoxy) is 3. The summed E-state index contributed by atoms with van der Waals surface area (Å²) in [4.78, 5) is 11.0. The van der Waals surface area contributed by atoms with Gasteiger partial charge in [0.1, 0.15) is 6.61 Å². The van der Waals surface area contributed by atoms with Crippen molar-refractivity contribution < 1.29 is 19.0 Å². The molecule has 0 spiro atoms. The minimum Gasteiger partial charge on any atom is -0.341 e. The molecule has 11 heavy (non-hydrogen) atoms. The highest BCUT2D eigenvalue weighted by atomic mass is 16.8. The Balaban J connectivity index is 2.16. The zero-order valence-electron chi connectivity index (χ0n) is 6.49. The van der Waals surface area contributed by atoms with Gasteiger partial charge in [-0.25, -0.2) is 0 Å². The Morgan fingerprint density at radius 3 is 2.82 bits per heavy atom. The van der Waals surface area contributed by atoms with Crippen molar-refractivity contribution in [1.82, 2.24) is 0 Å². The molecule has 0 radical (unpaired) electrons. The first-order chi connectivity index (χ1) is 5.08. The van der Waals surface area contributed by atoms with E-state index in [-0.39, 0.29) is 12.4 Å². The minimum atomic E-state index is -0.675. The highest BCUT2D eigenvalue weighted by molar-refractivity contribution is 5.86. The maximum Gasteiger partial charge on any atom is 0.194 e. The molecule has 0 aliphatic carbocycles. The van der Waals surface area contributed by atoms with Crippen LogP contribution >= 0.6 is 0 Å². The zero-order chi connectivity index (χ0) is 8.06. The fourth-order valence-corrected chi connectivity index (χ4v) is 1.32. The topological polar surface area (TPSA) is 44.8 Å². The van der Waals surface area contributed by atoms with E-state index in [1.165, 1.54) is 0 Å². The van der Waals surface area contributed by atoms with Crippen molar-refractivity contribution in [1.29, 1.82) is 0 Å². The summed E-state index contributed by atoms with van der Waals surface area (Å²) in [5.41, 5.74) is 0. The lowest BCUT2D eigenvalue weighted by atomic mass is 10.3. The van der Waals surface area contributed by atoms with Crippen LogP contribution in [0.4, 0.5) is 0 Å². The molecule has 0 aromatic heterocycles. The second-order valence-electron chi connectivity index (χ2n) is 3.20. The van der Waals surface area contributed by atoms with Gasteiger partial charge in [-0.15, -0.1) is 0 Å². The first-order valence-electron chi connectivity index (χ1n) is 3.58. The van der Waals surface area contributed by atoms with Gasteiger partial charge in [-0.05, 0) is 13.8 Å². The molecule has 2 aliphatic rings. The van der Waals surface area contributed by atoms with Crippen LogP contribution in [0.15, 0.2) is 0 Å². The minimum absolute atomic E-state index is 0.0272. The Bertz CT molecular complexity index is 199. The second-order valence-corrected chi connectivity index (χ2v) is 3.20. The molecule has 0 N–H and O–H groups in total. The van der Waals surface area contributed by atoms with E-state index in [1.807, 2.05) is 0 Å². The molecule has 4 nitrogen and oxygen atoms in total. The summed E-state index contributed by atoms with van der Waals surface area (Å²) in [5.74, 6) is -0.702. The van der Waals surface area contributed by atoms with Crippen LogP contribution in [-0.2, 0) is 19.0 Å².